The molecule has 1 aliphatic rings. The van der Waals surface area contributed by atoms with Crippen molar-refractivity contribution in [2.24, 2.45) is 5.92 Å². The summed E-state index contributed by atoms with van der Waals surface area (Å²) in [5.74, 6) is 2.28. The lowest BCUT2D eigenvalue weighted by molar-refractivity contribution is 0.366. The second-order valence-corrected chi connectivity index (χ2v) is 4.57. The van der Waals surface area contributed by atoms with Crippen molar-refractivity contribution in [1.82, 2.24) is 24.9 Å². The van der Waals surface area contributed by atoms with Crippen molar-refractivity contribution in [2.45, 2.75) is 19.3 Å². The van der Waals surface area contributed by atoms with Crippen LogP contribution in [-0.4, -0.2) is 32.7 Å². The third-order valence-electron chi connectivity index (χ3n) is 3.29. The molecule has 0 aliphatic carbocycles. The van der Waals surface area contributed by atoms with Gasteiger partial charge in [-0.15, -0.1) is 10.2 Å². The minimum absolute atomic E-state index is 0.628. The number of nitrogens with zero attached hydrogens (tertiary/aromatic N) is 4. The fourth-order valence-electron chi connectivity index (χ4n) is 2.33. The molecule has 0 bridgehead atoms. The number of nitrogen functional groups attached to an aromatic ring is 1. The second-order valence-electron chi connectivity index (χ2n) is 4.57. The number of nitrogens with two attached hydrogens (primary N) is 1. The zero-order valence-corrected chi connectivity index (χ0v) is 9.63. The van der Waals surface area contributed by atoms with E-state index in [1.807, 2.05) is 10.6 Å². The predicted molar refractivity (Wildman–Crippen MR) is 64.5 cm³/mol. The van der Waals surface area contributed by atoms with Crippen molar-refractivity contribution >= 4 is 11.5 Å². The molecule has 0 spiro atoms. The molecule has 1 fully saturated rings. The van der Waals surface area contributed by atoms with E-state index in [2.05, 4.69) is 20.5 Å². The summed E-state index contributed by atoms with van der Waals surface area (Å²) in [6.07, 6.45) is 6.81. The maximum Gasteiger partial charge on any atom is 0.255 e. The van der Waals surface area contributed by atoms with Crippen LogP contribution in [0.1, 0.15) is 18.7 Å². The van der Waals surface area contributed by atoms with Crippen LogP contribution in [0.15, 0.2) is 12.4 Å². The fraction of sp³-hybridized carbons (Fsp3) is 0.545. The number of anilines is 1. The molecule has 2 aromatic heterocycles. The molecular formula is C11H16N6. The van der Waals surface area contributed by atoms with Crippen molar-refractivity contribution < 1.29 is 0 Å². The van der Waals surface area contributed by atoms with Crippen LogP contribution in [0.3, 0.4) is 0 Å². The maximum atomic E-state index is 5.74. The van der Waals surface area contributed by atoms with Gasteiger partial charge in [-0.05, 0) is 31.8 Å². The van der Waals surface area contributed by atoms with Crippen molar-refractivity contribution in [3.63, 3.8) is 0 Å². The maximum absolute atomic E-state index is 5.74. The van der Waals surface area contributed by atoms with E-state index in [1.54, 1.807) is 6.20 Å². The summed E-state index contributed by atoms with van der Waals surface area (Å²) < 4.78 is 1.90. The van der Waals surface area contributed by atoms with Gasteiger partial charge in [0.25, 0.3) is 5.78 Å². The molecule has 0 radical (unpaired) electrons. The zero-order chi connectivity index (χ0) is 11.7. The van der Waals surface area contributed by atoms with Gasteiger partial charge in [-0.2, -0.15) is 0 Å². The van der Waals surface area contributed by atoms with Gasteiger partial charge >= 0.3 is 0 Å². The Kier molecular flexibility index (Phi) is 2.64. The number of hydrogen-bond donors (Lipinski definition) is 2. The number of hydrogen-bond acceptors (Lipinski definition) is 5. The molecule has 90 valence electrons. The monoisotopic (exact) mass is 232 g/mol. The summed E-state index contributed by atoms with van der Waals surface area (Å²) >= 11 is 0. The fourth-order valence-corrected chi connectivity index (χ4v) is 2.33. The standard InChI is InChI=1S/C11H16N6/c12-9-6-14-11-16-15-10(17(11)7-9)5-8-1-3-13-4-2-8/h6-8,13H,1-5,12H2. The molecule has 3 rings (SSSR count). The Morgan fingerprint density at radius 2 is 2.18 bits per heavy atom. The van der Waals surface area contributed by atoms with Crippen LogP contribution in [0.4, 0.5) is 5.69 Å². The first kappa shape index (κ1) is 10.5. The lowest BCUT2D eigenvalue weighted by Gasteiger charge is -2.21. The average molecular weight is 232 g/mol. The van der Waals surface area contributed by atoms with Gasteiger partial charge in [0.15, 0.2) is 0 Å². The highest BCUT2D eigenvalue weighted by Gasteiger charge is 2.17. The SMILES string of the molecule is Nc1cnc2nnc(CC3CCNCC3)n2c1. The highest BCUT2D eigenvalue weighted by molar-refractivity contribution is 5.39. The number of nitrogens with one attached hydrogen (secondary N) is 1. The minimum atomic E-state index is 0.628. The quantitative estimate of drug-likeness (QED) is 0.775. The normalized spacial score (nSPS) is 17.6. The topological polar surface area (TPSA) is 81.1 Å². The summed E-state index contributed by atoms with van der Waals surface area (Å²) in [6.45, 7) is 2.20. The van der Waals surface area contributed by atoms with E-state index >= 15 is 0 Å². The first-order valence-electron chi connectivity index (χ1n) is 5.99. The Hall–Kier alpha value is -1.69. The first-order chi connectivity index (χ1) is 8.33. The molecule has 0 amide bonds. The second kappa shape index (κ2) is 4.29. The molecule has 6 heteroatoms. The third-order valence-corrected chi connectivity index (χ3v) is 3.29. The van der Waals surface area contributed by atoms with Crippen LogP contribution in [-0.2, 0) is 6.42 Å². The van der Waals surface area contributed by atoms with Gasteiger partial charge in [0.1, 0.15) is 5.82 Å². The van der Waals surface area contributed by atoms with E-state index in [1.165, 1.54) is 12.8 Å². The van der Waals surface area contributed by atoms with Crippen LogP contribution >= 0.6 is 0 Å². The van der Waals surface area contributed by atoms with Crippen LogP contribution in [0.5, 0.6) is 0 Å². The van der Waals surface area contributed by atoms with Gasteiger partial charge in [0.05, 0.1) is 11.9 Å². The molecule has 2 aromatic rings. The summed E-state index contributed by atoms with van der Waals surface area (Å²) in [7, 11) is 0. The van der Waals surface area contributed by atoms with Crippen molar-refractivity contribution in [3.05, 3.63) is 18.2 Å². The van der Waals surface area contributed by atoms with Gasteiger partial charge in [-0.25, -0.2) is 4.98 Å². The number of piperidine rings is 1. The Balaban J connectivity index is 1.86. The first-order valence-corrected chi connectivity index (χ1v) is 5.99. The zero-order valence-electron chi connectivity index (χ0n) is 9.63. The van der Waals surface area contributed by atoms with Crippen molar-refractivity contribution in [3.8, 4) is 0 Å². The number of rotatable bonds is 2. The van der Waals surface area contributed by atoms with E-state index in [0.717, 1.165) is 25.3 Å². The highest BCUT2D eigenvalue weighted by Crippen LogP contribution is 2.17. The van der Waals surface area contributed by atoms with Gasteiger partial charge in [0, 0.05) is 12.6 Å². The average Bonchev–Trinajstić information content (AvgIpc) is 2.73. The Morgan fingerprint density at radius 3 is 3.00 bits per heavy atom. The molecule has 0 unspecified atom stereocenters. The molecule has 3 N–H and O–H groups in total. The Morgan fingerprint density at radius 1 is 1.35 bits per heavy atom. The Labute approximate surface area is 99.3 Å². The van der Waals surface area contributed by atoms with Gasteiger partial charge in [-0.3, -0.25) is 4.40 Å². The predicted octanol–water partition coefficient (Wildman–Crippen LogP) is 0.249. The third kappa shape index (κ3) is 2.08. The molecule has 1 aliphatic heterocycles. The molecule has 6 nitrogen and oxygen atoms in total. The van der Waals surface area contributed by atoms with E-state index in [9.17, 15) is 0 Å². The molecule has 3 heterocycles. The summed E-state index contributed by atoms with van der Waals surface area (Å²) in [4.78, 5) is 4.15. The number of fused-ring (bicyclic) bond motifs is 1. The summed E-state index contributed by atoms with van der Waals surface area (Å²) in [5, 5.41) is 11.6. The summed E-state index contributed by atoms with van der Waals surface area (Å²) in [6, 6.07) is 0. The molecular weight excluding hydrogens is 216 g/mol. The van der Waals surface area contributed by atoms with E-state index in [4.69, 9.17) is 5.73 Å². The largest absolute Gasteiger partial charge is 0.396 e. The van der Waals surface area contributed by atoms with E-state index in [0.29, 0.717) is 17.4 Å². The van der Waals surface area contributed by atoms with Crippen molar-refractivity contribution in [2.75, 3.05) is 18.8 Å². The molecule has 1 saturated heterocycles. The molecule has 0 atom stereocenters. The van der Waals surface area contributed by atoms with E-state index < -0.39 is 0 Å². The van der Waals surface area contributed by atoms with Crippen LogP contribution in [0.2, 0.25) is 0 Å². The lowest BCUT2D eigenvalue weighted by Crippen LogP contribution is -2.29. The lowest BCUT2D eigenvalue weighted by atomic mass is 9.94. The van der Waals surface area contributed by atoms with Gasteiger partial charge in [-0.1, -0.05) is 0 Å². The van der Waals surface area contributed by atoms with E-state index in [-0.39, 0.29) is 0 Å². The van der Waals surface area contributed by atoms with Gasteiger partial charge in [0.2, 0.25) is 0 Å². The van der Waals surface area contributed by atoms with Crippen LogP contribution in [0, 0.1) is 5.92 Å². The number of aromatic nitrogens is 4. The smallest absolute Gasteiger partial charge is 0.255 e. The summed E-state index contributed by atoms with van der Waals surface area (Å²) in [5.41, 5.74) is 6.38. The van der Waals surface area contributed by atoms with Crippen molar-refractivity contribution in [1.29, 1.82) is 0 Å². The molecule has 0 saturated carbocycles. The molecule has 17 heavy (non-hydrogen) atoms. The molecule has 0 aromatic carbocycles. The van der Waals surface area contributed by atoms with Crippen LogP contribution in [0.25, 0.3) is 5.78 Å². The highest BCUT2D eigenvalue weighted by atomic mass is 15.3. The van der Waals surface area contributed by atoms with Crippen LogP contribution < -0.4 is 11.1 Å². The Bertz CT molecular complexity index is 514. The van der Waals surface area contributed by atoms with Gasteiger partial charge < -0.3 is 11.1 Å². The minimum Gasteiger partial charge on any atom is -0.396 e.